The fourth-order valence-corrected chi connectivity index (χ4v) is 4.31. The molecule has 0 radical (unpaired) electrons. The number of ether oxygens (including phenoxy) is 3. The number of halogens is 1. The molecule has 0 atom stereocenters. The number of amides is 1. The molecule has 2 N–H and O–H groups in total. The number of carbonyl (C=O) groups excluding carboxylic acids is 1. The maximum atomic E-state index is 12.5. The zero-order chi connectivity index (χ0) is 27.1. The van der Waals surface area contributed by atoms with Crippen LogP contribution in [0.2, 0.25) is 5.02 Å². The predicted octanol–water partition coefficient (Wildman–Crippen LogP) is 4.56. The van der Waals surface area contributed by atoms with Crippen LogP contribution in [0.1, 0.15) is 5.56 Å². The predicted molar refractivity (Wildman–Crippen MR) is 146 cm³/mol. The van der Waals surface area contributed by atoms with Gasteiger partial charge in [0.2, 0.25) is 5.75 Å². The molecule has 1 aromatic heterocycles. The van der Waals surface area contributed by atoms with Gasteiger partial charge in [-0.1, -0.05) is 23.4 Å². The van der Waals surface area contributed by atoms with Gasteiger partial charge in [-0.2, -0.15) is 5.10 Å². The van der Waals surface area contributed by atoms with Gasteiger partial charge in [-0.05, 0) is 60.7 Å². The van der Waals surface area contributed by atoms with Crippen LogP contribution in [-0.2, 0) is 4.79 Å². The first-order valence-electron chi connectivity index (χ1n) is 11.2. The van der Waals surface area contributed by atoms with Crippen molar-refractivity contribution in [3.8, 4) is 40.1 Å². The number of phenols is 1. The van der Waals surface area contributed by atoms with Gasteiger partial charge in [0.1, 0.15) is 5.75 Å². The molecule has 0 saturated carbocycles. The lowest BCUT2D eigenvalue weighted by Crippen LogP contribution is -2.20. The number of thioether (sulfide) groups is 1. The second-order valence-corrected chi connectivity index (χ2v) is 9.08. The van der Waals surface area contributed by atoms with Crippen molar-refractivity contribution >= 4 is 35.5 Å². The molecule has 1 heterocycles. The highest BCUT2D eigenvalue weighted by Crippen LogP contribution is 2.36. The van der Waals surface area contributed by atoms with Crippen molar-refractivity contribution in [1.29, 1.82) is 0 Å². The van der Waals surface area contributed by atoms with Gasteiger partial charge >= 0.3 is 0 Å². The first kappa shape index (κ1) is 26.8. The number of hydrogen-bond donors (Lipinski definition) is 2. The van der Waals surface area contributed by atoms with Crippen LogP contribution in [0, 0.1) is 0 Å². The van der Waals surface area contributed by atoms with Crippen LogP contribution in [0.15, 0.2) is 70.9 Å². The van der Waals surface area contributed by atoms with E-state index in [1.54, 1.807) is 31.4 Å². The van der Waals surface area contributed by atoms with E-state index in [1.807, 2.05) is 41.0 Å². The number of aromatic nitrogens is 3. The van der Waals surface area contributed by atoms with Crippen LogP contribution in [0.25, 0.3) is 17.1 Å². The zero-order valence-electron chi connectivity index (χ0n) is 20.7. The van der Waals surface area contributed by atoms with Crippen LogP contribution in [-0.4, -0.2) is 59.1 Å². The van der Waals surface area contributed by atoms with Crippen molar-refractivity contribution in [2.24, 2.45) is 5.10 Å². The second kappa shape index (κ2) is 12.3. The van der Waals surface area contributed by atoms with Crippen LogP contribution in [0.5, 0.6) is 23.0 Å². The standard InChI is InChI=1S/C26H24ClN5O5S/c1-35-20-10-4-17(5-11-20)25-30-31-26(32(25)19-8-6-18(27)7-9-19)38-15-23(33)29-28-14-16-12-21(36-2)24(34)22(13-16)37-3/h4-14,34H,15H2,1-3H3,(H,29,33)/b28-14+. The Morgan fingerprint density at radius 3 is 2.29 bits per heavy atom. The molecule has 0 spiro atoms. The number of benzene rings is 3. The minimum Gasteiger partial charge on any atom is -0.502 e. The van der Waals surface area contributed by atoms with E-state index >= 15 is 0 Å². The molecule has 196 valence electrons. The number of aromatic hydroxyl groups is 1. The van der Waals surface area contributed by atoms with E-state index in [0.29, 0.717) is 21.6 Å². The lowest BCUT2D eigenvalue weighted by Gasteiger charge is -2.11. The van der Waals surface area contributed by atoms with E-state index in [0.717, 1.165) is 17.0 Å². The Hall–Kier alpha value is -4.22. The minimum absolute atomic E-state index is 0.0356. The Morgan fingerprint density at radius 1 is 1.03 bits per heavy atom. The van der Waals surface area contributed by atoms with E-state index in [2.05, 4.69) is 20.7 Å². The summed E-state index contributed by atoms with van der Waals surface area (Å²) in [4.78, 5) is 12.5. The minimum atomic E-state index is -0.347. The normalized spacial score (nSPS) is 10.9. The molecule has 0 unspecified atom stereocenters. The number of phenolic OH excluding ortho intramolecular Hbond substituents is 1. The summed E-state index contributed by atoms with van der Waals surface area (Å²) in [7, 11) is 4.46. The summed E-state index contributed by atoms with van der Waals surface area (Å²) in [6.07, 6.45) is 1.42. The Labute approximate surface area is 228 Å². The van der Waals surface area contributed by atoms with Gasteiger partial charge in [0.05, 0.1) is 33.3 Å². The first-order valence-corrected chi connectivity index (χ1v) is 12.5. The monoisotopic (exact) mass is 553 g/mol. The lowest BCUT2D eigenvalue weighted by molar-refractivity contribution is -0.118. The summed E-state index contributed by atoms with van der Waals surface area (Å²) in [5.41, 5.74) is 4.67. The number of hydrogen-bond acceptors (Lipinski definition) is 9. The molecule has 4 rings (SSSR count). The summed E-state index contributed by atoms with van der Waals surface area (Å²) in [5.74, 6) is 1.35. The maximum Gasteiger partial charge on any atom is 0.250 e. The molecule has 0 aliphatic rings. The van der Waals surface area contributed by atoms with E-state index in [9.17, 15) is 9.90 Å². The molecule has 1 amide bonds. The molecule has 0 fully saturated rings. The molecule has 0 aliphatic carbocycles. The van der Waals surface area contributed by atoms with Crippen LogP contribution >= 0.6 is 23.4 Å². The number of nitrogens with one attached hydrogen (secondary N) is 1. The van der Waals surface area contributed by atoms with Gasteiger partial charge < -0.3 is 19.3 Å². The summed E-state index contributed by atoms with van der Waals surface area (Å²) in [6, 6.07) is 17.9. The average Bonchev–Trinajstić information content (AvgIpc) is 3.37. The molecule has 3 aromatic carbocycles. The van der Waals surface area contributed by atoms with Gasteiger partial charge in [-0.3, -0.25) is 9.36 Å². The highest BCUT2D eigenvalue weighted by molar-refractivity contribution is 7.99. The third kappa shape index (κ3) is 6.18. The number of hydrazone groups is 1. The average molecular weight is 554 g/mol. The number of methoxy groups -OCH3 is 3. The van der Waals surface area contributed by atoms with Crippen molar-refractivity contribution in [2.75, 3.05) is 27.1 Å². The second-order valence-electron chi connectivity index (χ2n) is 7.70. The van der Waals surface area contributed by atoms with Crippen LogP contribution < -0.4 is 19.6 Å². The molecular formula is C26H24ClN5O5S. The SMILES string of the molecule is COc1ccc(-c2nnc(SCC(=O)N/N=C/c3cc(OC)c(O)c(OC)c3)n2-c2ccc(Cl)cc2)cc1. The Kier molecular flexibility index (Phi) is 8.72. The van der Waals surface area contributed by atoms with E-state index in [1.165, 1.54) is 32.2 Å². The fraction of sp³-hybridized carbons (Fsp3) is 0.154. The van der Waals surface area contributed by atoms with Crippen molar-refractivity contribution in [1.82, 2.24) is 20.2 Å². The number of carbonyl (C=O) groups is 1. The highest BCUT2D eigenvalue weighted by atomic mass is 35.5. The molecule has 38 heavy (non-hydrogen) atoms. The summed E-state index contributed by atoms with van der Waals surface area (Å²) in [5, 5.41) is 23.8. The van der Waals surface area contributed by atoms with E-state index in [-0.39, 0.29) is 28.9 Å². The fourth-order valence-electron chi connectivity index (χ4n) is 3.44. The largest absolute Gasteiger partial charge is 0.502 e. The Morgan fingerprint density at radius 2 is 1.68 bits per heavy atom. The summed E-state index contributed by atoms with van der Waals surface area (Å²) >= 11 is 7.30. The third-order valence-electron chi connectivity index (χ3n) is 5.30. The van der Waals surface area contributed by atoms with Crippen molar-refractivity contribution in [3.63, 3.8) is 0 Å². The number of nitrogens with zero attached hydrogens (tertiary/aromatic N) is 4. The molecular weight excluding hydrogens is 530 g/mol. The summed E-state index contributed by atoms with van der Waals surface area (Å²) in [6.45, 7) is 0. The molecule has 0 bridgehead atoms. The van der Waals surface area contributed by atoms with Crippen molar-refractivity contribution in [3.05, 3.63) is 71.2 Å². The Balaban J connectivity index is 1.50. The summed E-state index contributed by atoms with van der Waals surface area (Å²) < 4.78 is 17.4. The topological polar surface area (TPSA) is 120 Å². The van der Waals surface area contributed by atoms with Gasteiger partial charge in [0.15, 0.2) is 22.5 Å². The highest BCUT2D eigenvalue weighted by Gasteiger charge is 2.18. The molecule has 0 saturated heterocycles. The van der Waals surface area contributed by atoms with Gasteiger partial charge in [0.25, 0.3) is 5.91 Å². The molecule has 4 aromatic rings. The van der Waals surface area contributed by atoms with Gasteiger partial charge in [-0.25, -0.2) is 5.43 Å². The maximum absolute atomic E-state index is 12.5. The van der Waals surface area contributed by atoms with Crippen LogP contribution in [0.3, 0.4) is 0 Å². The Bertz CT molecular complexity index is 1420. The molecule has 10 nitrogen and oxygen atoms in total. The quantitative estimate of drug-likeness (QED) is 0.167. The first-order chi connectivity index (χ1) is 18.4. The van der Waals surface area contributed by atoms with E-state index in [4.69, 9.17) is 25.8 Å². The molecule has 0 aliphatic heterocycles. The third-order valence-corrected chi connectivity index (χ3v) is 6.48. The van der Waals surface area contributed by atoms with Gasteiger partial charge in [-0.15, -0.1) is 10.2 Å². The van der Waals surface area contributed by atoms with Crippen LogP contribution in [0.4, 0.5) is 0 Å². The van der Waals surface area contributed by atoms with Gasteiger partial charge in [0, 0.05) is 21.8 Å². The lowest BCUT2D eigenvalue weighted by atomic mass is 10.2. The zero-order valence-corrected chi connectivity index (χ0v) is 22.3. The van der Waals surface area contributed by atoms with Crippen molar-refractivity contribution in [2.45, 2.75) is 5.16 Å². The smallest absolute Gasteiger partial charge is 0.250 e. The molecule has 12 heteroatoms. The number of rotatable bonds is 10. The van der Waals surface area contributed by atoms with E-state index < -0.39 is 0 Å². The van der Waals surface area contributed by atoms with Crippen molar-refractivity contribution < 1.29 is 24.1 Å².